The molecule has 0 radical (unpaired) electrons. The molecule has 1 aromatic rings. The van der Waals surface area contributed by atoms with Crippen molar-refractivity contribution in [3.63, 3.8) is 0 Å². The fourth-order valence-electron chi connectivity index (χ4n) is 2.31. The maximum absolute atomic E-state index is 5.92. The number of unbranched alkanes of at least 4 members (excludes halogenated alkanes) is 3. The molecule has 0 saturated carbocycles. The van der Waals surface area contributed by atoms with Gasteiger partial charge in [0, 0.05) is 25.3 Å². The van der Waals surface area contributed by atoms with Crippen LogP contribution in [0.3, 0.4) is 0 Å². The first-order valence-electron chi connectivity index (χ1n) is 6.83. The van der Waals surface area contributed by atoms with E-state index in [9.17, 15) is 0 Å². The van der Waals surface area contributed by atoms with E-state index in [4.69, 9.17) is 4.74 Å². The van der Waals surface area contributed by atoms with E-state index >= 15 is 0 Å². The lowest BCUT2D eigenvalue weighted by Crippen LogP contribution is -2.30. The molecule has 1 aliphatic rings. The number of hydrogen-bond acceptors (Lipinski definition) is 2. The maximum Gasteiger partial charge on any atom is 0.0788 e. The molecule has 0 saturated heterocycles. The minimum Gasteiger partial charge on any atom is -0.382 e. The van der Waals surface area contributed by atoms with Crippen LogP contribution < -0.4 is 5.32 Å². The Labute approximate surface area is 104 Å². The largest absolute Gasteiger partial charge is 0.382 e. The van der Waals surface area contributed by atoms with E-state index in [-0.39, 0.29) is 0 Å². The predicted molar refractivity (Wildman–Crippen MR) is 72.5 cm³/mol. The van der Waals surface area contributed by atoms with Gasteiger partial charge in [0.1, 0.15) is 0 Å². The van der Waals surface area contributed by atoms with Gasteiger partial charge in [0.2, 0.25) is 0 Å². The van der Waals surface area contributed by atoms with Crippen LogP contribution >= 0.6 is 0 Å². The topological polar surface area (TPSA) is 21.3 Å². The molecule has 2 heteroatoms. The lowest BCUT2D eigenvalue weighted by molar-refractivity contribution is 0.0576. The maximum atomic E-state index is 5.92. The molecule has 0 spiro atoms. The van der Waals surface area contributed by atoms with Gasteiger partial charge in [-0.25, -0.2) is 0 Å². The van der Waals surface area contributed by atoms with Crippen LogP contribution in [0.1, 0.15) is 38.2 Å². The van der Waals surface area contributed by atoms with Gasteiger partial charge < -0.3 is 10.1 Å². The van der Waals surface area contributed by atoms with Gasteiger partial charge in [-0.15, -0.1) is 0 Å². The highest BCUT2D eigenvalue weighted by Crippen LogP contribution is 2.22. The smallest absolute Gasteiger partial charge is 0.0788 e. The summed E-state index contributed by atoms with van der Waals surface area (Å²) in [6.45, 7) is 4.10. The highest BCUT2D eigenvalue weighted by molar-refractivity contribution is 5.53. The number of hydrogen-bond donors (Lipinski definition) is 1. The Balaban J connectivity index is 1.71. The zero-order chi connectivity index (χ0) is 11.9. The first kappa shape index (κ1) is 12.4. The molecule has 0 fully saturated rings. The van der Waals surface area contributed by atoms with Gasteiger partial charge in [0.25, 0.3) is 0 Å². The number of nitrogens with one attached hydrogen (secondary N) is 1. The third-order valence-electron chi connectivity index (χ3n) is 3.34. The molecule has 0 aromatic heterocycles. The van der Waals surface area contributed by atoms with Crippen molar-refractivity contribution < 1.29 is 4.74 Å². The van der Waals surface area contributed by atoms with Crippen LogP contribution in [0.2, 0.25) is 0 Å². The highest BCUT2D eigenvalue weighted by Gasteiger charge is 2.17. The van der Waals surface area contributed by atoms with Crippen LogP contribution in [0.4, 0.5) is 5.69 Å². The van der Waals surface area contributed by atoms with E-state index in [0.717, 1.165) is 19.6 Å². The molecular weight excluding hydrogens is 210 g/mol. The van der Waals surface area contributed by atoms with Crippen LogP contribution in [0.25, 0.3) is 0 Å². The second-order valence-corrected chi connectivity index (χ2v) is 4.80. The van der Waals surface area contributed by atoms with Gasteiger partial charge >= 0.3 is 0 Å². The zero-order valence-electron chi connectivity index (χ0n) is 10.7. The van der Waals surface area contributed by atoms with Crippen molar-refractivity contribution in [2.75, 3.05) is 18.5 Å². The lowest BCUT2D eigenvalue weighted by Gasteiger charge is -2.26. The molecule has 1 aromatic carbocycles. The molecule has 1 N–H and O–H groups in total. The van der Waals surface area contributed by atoms with Crippen molar-refractivity contribution >= 4 is 5.69 Å². The number of para-hydroxylation sites is 1. The van der Waals surface area contributed by atoms with E-state index in [2.05, 4.69) is 36.5 Å². The lowest BCUT2D eigenvalue weighted by atomic mass is 10.0. The molecule has 1 heterocycles. The fraction of sp³-hybridized carbons (Fsp3) is 0.600. The van der Waals surface area contributed by atoms with Gasteiger partial charge in [-0.05, 0) is 18.1 Å². The molecule has 2 rings (SSSR count). The molecule has 1 aliphatic heterocycles. The molecule has 0 bridgehead atoms. The number of ether oxygens (including phenoxy) is 1. The normalized spacial score (nSPS) is 18.5. The van der Waals surface area contributed by atoms with Gasteiger partial charge in [0.15, 0.2) is 0 Å². The van der Waals surface area contributed by atoms with E-state index in [0.29, 0.717) is 6.10 Å². The average molecular weight is 233 g/mol. The van der Waals surface area contributed by atoms with Gasteiger partial charge in [-0.1, -0.05) is 44.4 Å². The van der Waals surface area contributed by atoms with Gasteiger partial charge in [-0.2, -0.15) is 0 Å². The van der Waals surface area contributed by atoms with Crippen LogP contribution in [0.15, 0.2) is 24.3 Å². The quantitative estimate of drug-likeness (QED) is 0.758. The summed E-state index contributed by atoms with van der Waals surface area (Å²) in [5.41, 5.74) is 2.66. The third-order valence-corrected chi connectivity index (χ3v) is 3.34. The Bertz CT molecular complexity index is 337. The summed E-state index contributed by atoms with van der Waals surface area (Å²) < 4.78 is 5.92. The van der Waals surface area contributed by atoms with E-state index in [1.165, 1.54) is 36.9 Å². The average Bonchev–Trinajstić information content (AvgIpc) is 2.38. The summed E-state index contributed by atoms with van der Waals surface area (Å²) >= 11 is 0. The van der Waals surface area contributed by atoms with E-state index in [1.54, 1.807) is 0 Å². The summed E-state index contributed by atoms with van der Waals surface area (Å²) in [5, 5.41) is 3.44. The Morgan fingerprint density at radius 1 is 1.24 bits per heavy atom. The van der Waals surface area contributed by atoms with Crippen molar-refractivity contribution in [1.82, 2.24) is 0 Å². The Morgan fingerprint density at radius 3 is 3.00 bits per heavy atom. The second-order valence-electron chi connectivity index (χ2n) is 4.80. The molecule has 1 unspecified atom stereocenters. The van der Waals surface area contributed by atoms with Crippen LogP contribution in [0.5, 0.6) is 0 Å². The molecule has 94 valence electrons. The van der Waals surface area contributed by atoms with Crippen LogP contribution in [-0.4, -0.2) is 19.3 Å². The van der Waals surface area contributed by atoms with E-state index in [1.807, 2.05) is 0 Å². The number of fused-ring (bicyclic) bond motifs is 1. The number of benzene rings is 1. The minimum atomic E-state index is 0.353. The first-order chi connectivity index (χ1) is 8.40. The van der Waals surface area contributed by atoms with Crippen molar-refractivity contribution in [3.8, 4) is 0 Å². The molecule has 1 atom stereocenters. The predicted octanol–water partition coefficient (Wildman–Crippen LogP) is 3.62. The molecule has 0 aliphatic carbocycles. The SMILES string of the molecule is CCCCCCOC1CNc2ccccc2C1. The van der Waals surface area contributed by atoms with Crippen molar-refractivity contribution in [2.45, 2.75) is 45.1 Å². The molecule has 17 heavy (non-hydrogen) atoms. The number of anilines is 1. The van der Waals surface area contributed by atoms with Crippen LogP contribution in [-0.2, 0) is 11.2 Å². The van der Waals surface area contributed by atoms with Crippen molar-refractivity contribution in [3.05, 3.63) is 29.8 Å². The first-order valence-corrected chi connectivity index (χ1v) is 6.83. The summed E-state index contributed by atoms with van der Waals surface area (Å²) in [6.07, 6.45) is 6.52. The number of rotatable bonds is 6. The summed E-state index contributed by atoms with van der Waals surface area (Å²) in [6, 6.07) is 8.52. The highest BCUT2D eigenvalue weighted by atomic mass is 16.5. The molecular formula is C15H23NO. The summed E-state index contributed by atoms with van der Waals surface area (Å²) in [5.74, 6) is 0. The van der Waals surface area contributed by atoms with Crippen molar-refractivity contribution in [2.24, 2.45) is 0 Å². The summed E-state index contributed by atoms with van der Waals surface area (Å²) in [4.78, 5) is 0. The second kappa shape index (κ2) is 6.65. The molecule has 0 amide bonds. The van der Waals surface area contributed by atoms with Gasteiger partial charge in [-0.3, -0.25) is 0 Å². The van der Waals surface area contributed by atoms with Crippen LogP contribution in [0, 0.1) is 0 Å². The standard InChI is InChI=1S/C15H23NO/c1-2-3-4-7-10-17-14-11-13-8-5-6-9-15(13)16-12-14/h5-6,8-9,14,16H,2-4,7,10-12H2,1H3. The zero-order valence-corrected chi connectivity index (χ0v) is 10.7. The summed E-state index contributed by atoms with van der Waals surface area (Å²) in [7, 11) is 0. The Kier molecular flexibility index (Phi) is 4.87. The van der Waals surface area contributed by atoms with E-state index < -0.39 is 0 Å². The Morgan fingerprint density at radius 2 is 2.12 bits per heavy atom. The molecule has 2 nitrogen and oxygen atoms in total. The van der Waals surface area contributed by atoms with Crippen molar-refractivity contribution in [1.29, 1.82) is 0 Å². The Hall–Kier alpha value is -1.02. The minimum absolute atomic E-state index is 0.353. The fourth-order valence-corrected chi connectivity index (χ4v) is 2.31. The third kappa shape index (κ3) is 3.74. The van der Waals surface area contributed by atoms with Gasteiger partial charge in [0.05, 0.1) is 6.10 Å². The monoisotopic (exact) mass is 233 g/mol.